The molecule has 0 amide bonds. The normalized spacial score (nSPS) is 14.4. The summed E-state index contributed by atoms with van der Waals surface area (Å²) in [5, 5.41) is 14.8. The highest BCUT2D eigenvalue weighted by molar-refractivity contribution is 14.1. The lowest BCUT2D eigenvalue weighted by molar-refractivity contribution is 0.0576. The van der Waals surface area contributed by atoms with Gasteiger partial charge in [-0.25, -0.2) is 0 Å². The Morgan fingerprint density at radius 2 is 2.00 bits per heavy atom. The van der Waals surface area contributed by atoms with Crippen molar-refractivity contribution in [3.63, 3.8) is 0 Å². The third kappa shape index (κ3) is 3.11. The summed E-state index contributed by atoms with van der Waals surface area (Å²) in [6, 6.07) is 7.98. The van der Waals surface area contributed by atoms with Gasteiger partial charge in [0.15, 0.2) is 0 Å². The fourth-order valence-electron chi connectivity index (χ4n) is 1.98. The van der Waals surface area contributed by atoms with Gasteiger partial charge in [-0.15, -0.1) is 0 Å². The standard InChI is InChI=1S/C14H17IN2O/c1-3-17-10-11(9-16-17)8-14(2,18)12-4-6-13(15)7-5-12/h4-7,9-10,18H,3,8H2,1-2H3. The molecule has 1 unspecified atom stereocenters. The number of aliphatic hydroxyl groups is 1. The topological polar surface area (TPSA) is 38.0 Å². The molecule has 0 bridgehead atoms. The summed E-state index contributed by atoms with van der Waals surface area (Å²) < 4.78 is 3.05. The number of nitrogens with zero attached hydrogens (tertiary/aromatic N) is 2. The first-order chi connectivity index (χ1) is 8.51. The van der Waals surface area contributed by atoms with Gasteiger partial charge in [0.25, 0.3) is 0 Å². The molecule has 1 aromatic heterocycles. The summed E-state index contributed by atoms with van der Waals surface area (Å²) in [6.07, 6.45) is 4.39. The van der Waals surface area contributed by atoms with Crippen molar-refractivity contribution in [3.8, 4) is 0 Å². The molecular formula is C14H17IN2O. The largest absolute Gasteiger partial charge is 0.385 e. The highest BCUT2D eigenvalue weighted by Crippen LogP contribution is 2.25. The maximum atomic E-state index is 10.6. The summed E-state index contributed by atoms with van der Waals surface area (Å²) in [4.78, 5) is 0. The molecule has 1 heterocycles. The quantitative estimate of drug-likeness (QED) is 0.856. The Labute approximate surface area is 121 Å². The second-order valence-electron chi connectivity index (χ2n) is 4.66. The number of aromatic nitrogens is 2. The second kappa shape index (κ2) is 5.40. The summed E-state index contributed by atoms with van der Waals surface area (Å²) in [5.41, 5.74) is 1.14. The molecule has 0 aliphatic carbocycles. The molecule has 18 heavy (non-hydrogen) atoms. The van der Waals surface area contributed by atoms with Gasteiger partial charge < -0.3 is 5.11 Å². The first-order valence-corrected chi connectivity index (χ1v) is 7.09. The fourth-order valence-corrected chi connectivity index (χ4v) is 2.34. The Bertz CT molecular complexity index is 517. The van der Waals surface area contributed by atoms with Gasteiger partial charge in [0.2, 0.25) is 0 Å². The predicted molar refractivity (Wildman–Crippen MR) is 80.3 cm³/mol. The maximum Gasteiger partial charge on any atom is 0.0909 e. The second-order valence-corrected chi connectivity index (χ2v) is 5.91. The van der Waals surface area contributed by atoms with Crippen molar-refractivity contribution in [2.45, 2.75) is 32.4 Å². The smallest absolute Gasteiger partial charge is 0.0909 e. The number of benzene rings is 1. The van der Waals surface area contributed by atoms with E-state index in [0.29, 0.717) is 6.42 Å². The van der Waals surface area contributed by atoms with Crippen LogP contribution in [-0.2, 0) is 18.6 Å². The number of rotatable bonds is 4. The molecule has 0 saturated heterocycles. The van der Waals surface area contributed by atoms with Crippen molar-refractivity contribution >= 4 is 22.6 Å². The monoisotopic (exact) mass is 356 g/mol. The SMILES string of the molecule is CCn1cc(CC(C)(O)c2ccc(I)cc2)cn1. The van der Waals surface area contributed by atoms with Gasteiger partial charge >= 0.3 is 0 Å². The predicted octanol–water partition coefficient (Wildman–Crippen LogP) is 2.96. The molecule has 0 radical (unpaired) electrons. The Morgan fingerprint density at radius 1 is 1.33 bits per heavy atom. The molecule has 96 valence electrons. The van der Waals surface area contributed by atoms with E-state index in [4.69, 9.17) is 0 Å². The van der Waals surface area contributed by atoms with E-state index < -0.39 is 5.60 Å². The lowest BCUT2D eigenvalue weighted by Gasteiger charge is -2.23. The van der Waals surface area contributed by atoms with E-state index in [9.17, 15) is 5.11 Å². The van der Waals surface area contributed by atoms with Crippen LogP contribution in [0.4, 0.5) is 0 Å². The Hall–Kier alpha value is -0.880. The van der Waals surface area contributed by atoms with Crippen molar-refractivity contribution in [1.29, 1.82) is 0 Å². The first-order valence-electron chi connectivity index (χ1n) is 6.01. The molecule has 0 saturated carbocycles. The molecule has 1 aromatic carbocycles. The zero-order valence-electron chi connectivity index (χ0n) is 10.6. The van der Waals surface area contributed by atoms with Crippen molar-refractivity contribution in [2.24, 2.45) is 0 Å². The van der Waals surface area contributed by atoms with Crippen LogP contribution in [0.25, 0.3) is 0 Å². The van der Waals surface area contributed by atoms with Gasteiger partial charge in [0.05, 0.1) is 11.8 Å². The van der Waals surface area contributed by atoms with E-state index in [0.717, 1.165) is 17.7 Å². The lowest BCUT2D eigenvalue weighted by Crippen LogP contribution is -2.24. The molecule has 0 aliphatic heterocycles. The van der Waals surface area contributed by atoms with E-state index in [1.54, 1.807) is 0 Å². The minimum Gasteiger partial charge on any atom is -0.385 e. The molecular weight excluding hydrogens is 339 g/mol. The Morgan fingerprint density at radius 3 is 2.56 bits per heavy atom. The number of halogens is 1. The lowest BCUT2D eigenvalue weighted by atomic mass is 9.90. The molecule has 4 heteroatoms. The third-order valence-electron chi connectivity index (χ3n) is 3.03. The summed E-state index contributed by atoms with van der Waals surface area (Å²) >= 11 is 2.26. The average molecular weight is 356 g/mol. The van der Waals surface area contributed by atoms with E-state index in [1.807, 2.05) is 55.2 Å². The highest BCUT2D eigenvalue weighted by Gasteiger charge is 2.24. The van der Waals surface area contributed by atoms with E-state index in [2.05, 4.69) is 27.7 Å². The van der Waals surface area contributed by atoms with Crippen LogP contribution in [0.5, 0.6) is 0 Å². The average Bonchev–Trinajstić information content (AvgIpc) is 2.76. The summed E-state index contributed by atoms with van der Waals surface area (Å²) in [6.45, 7) is 4.75. The van der Waals surface area contributed by atoms with E-state index >= 15 is 0 Å². The van der Waals surface area contributed by atoms with Crippen LogP contribution >= 0.6 is 22.6 Å². The molecule has 1 atom stereocenters. The number of aryl methyl sites for hydroxylation is 1. The summed E-state index contributed by atoms with van der Waals surface area (Å²) in [7, 11) is 0. The molecule has 1 N–H and O–H groups in total. The molecule has 2 aromatic rings. The van der Waals surface area contributed by atoms with Gasteiger partial charge in [-0.2, -0.15) is 5.10 Å². The van der Waals surface area contributed by atoms with Gasteiger partial charge in [-0.05, 0) is 59.7 Å². The molecule has 3 nitrogen and oxygen atoms in total. The number of hydrogen-bond acceptors (Lipinski definition) is 2. The van der Waals surface area contributed by atoms with Crippen LogP contribution in [0, 0.1) is 3.57 Å². The molecule has 2 rings (SSSR count). The summed E-state index contributed by atoms with van der Waals surface area (Å²) in [5.74, 6) is 0. The van der Waals surface area contributed by atoms with E-state index in [1.165, 1.54) is 3.57 Å². The number of hydrogen-bond donors (Lipinski definition) is 1. The molecule has 0 aliphatic rings. The first kappa shape index (κ1) is 13.5. The van der Waals surface area contributed by atoms with Gasteiger partial charge in [-0.1, -0.05) is 12.1 Å². The fraction of sp³-hybridized carbons (Fsp3) is 0.357. The van der Waals surface area contributed by atoms with Gasteiger partial charge in [0.1, 0.15) is 0 Å². The minimum absolute atomic E-state index is 0.577. The molecule has 0 spiro atoms. The van der Waals surface area contributed by atoms with Crippen molar-refractivity contribution in [2.75, 3.05) is 0 Å². The van der Waals surface area contributed by atoms with Crippen LogP contribution < -0.4 is 0 Å². The van der Waals surface area contributed by atoms with Crippen LogP contribution in [0.3, 0.4) is 0 Å². The zero-order chi connectivity index (χ0) is 13.2. The van der Waals surface area contributed by atoms with Crippen LogP contribution in [-0.4, -0.2) is 14.9 Å². The van der Waals surface area contributed by atoms with Gasteiger partial charge in [-0.3, -0.25) is 4.68 Å². The van der Waals surface area contributed by atoms with Crippen LogP contribution in [0.2, 0.25) is 0 Å². The Balaban J connectivity index is 2.18. The van der Waals surface area contributed by atoms with Gasteiger partial charge in [0, 0.05) is 22.7 Å². The highest BCUT2D eigenvalue weighted by atomic mass is 127. The molecule has 0 fully saturated rings. The minimum atomic E-state index is -0.855. The zero-order valence-corrected chi connectivity index (χ0v) is 12.8. The van der Waals surface area contributed by atoms with Crippen LogP contribution in [0.1, 0.15) is 25.0 Å². The van der Waals surface area contributed by atoms with E-state index in [-0.39, 0.29) is 0 Å². The van der Waals surface area contributed by atoms with Crippen molar-refractivity contribution in [1.82, 2.24) is 9.78 Å². The maximum absolute atomic E-state index is 10.6. The third-order valence-corrected chi connectivity index (χ3v) is 3.74. The Kier molecular flexibility index (Phi) is 4.07. The van der Waals surface area contributed by atoms with Crippen molar-refractivity contribution in [3.05, 3.63) is 51.4 Å². The van der Waals surface area contributed by atoms with Crippen LogP contribution in [0.15, 0.2) is 36.7 Å². The van der Waals surface area contributed by atoms with Crippen molar-refractivity contribution < 1.29 is 5.11 Å².